The molecule has 0 spiro atoms. The van der Waals surface area contributed by atoms with E-state index < -0.39 is 30.5 Å². The summed E-state index contributed by atoms with van der Waals surface area (Å²) < 4.78 is 55.1. The Labute approximate surface area is 191 Å². The van der Waals surface area contributed by atoms with Crippen LogP contribution in [0, 0.1) is 11.6 Å². The van der Waals surface area contributed by atoms with Gasteiger partial charge in [0, 0.05) is 18.7 Å². The third-order valence-corrected chi connectivity index (χ3v) is 6.22. The molecule has 0 aliphatic carbocycles. The highest BCUT2D eigenvalue weighted by atomic mass is 32.1. The highest BCUT2D eigenvalue weighted by molar-refractivity contribution is 7.19. The highest BCUT2D eigenvalue weighted by Gasteiger charge is 2.25. The molecule has 3 heterocycles. The molecule has 3 aromatic rings. The Balaban J connectivity index is 1.63. The fourth-order valence-corrected chi connectivity index (χ4v) is 4.65. The van der Waals surface area contributed by atoms with E-state index in [2.05, 4.69) is 15.4 Å². The summed E-state index contributed by atoms with van der Waals surface area (Å²) >= 11 is 0.847. The lowest BCUT2D eigenvalue weighted by Crippen LogP contribution is -2.29. The van der Waals surface area contributed by atoms with E-state index in [1.807, 2.05) is 4.90 Å². The maximum absolute atomic E-state index is 14.1. The number of nitrogen functional groups attached to an aromatic ring is 1. The number of carbonyl (C=O) groups is 1. The van der Waals surface area contributed by atoms with Crippen LogP contribution in [0.3, 0.4) is 0 Å². The van der Waals surface area contributed by atoms with Gasteiger partial charge < -0.3 is 16.0 Å². The van der Waals surface area contributed by atoms with Gasteiger partial charge in [-0.25, -0.2) is 27.2 Å². The number of anilines is 3. The lowest BCUT2D eigenvalue weighted by atomic mass is 10.2. The standard InChI is InChI=1S/C21H22F4N6OS/c22-12-5-6-14(23)13(9-12)20-29-17(18(26)33-20)19(32)28-15-10-27-31(11-16(24)25)21(15)30-7-3-1-2-4-8-30/h5-6,9-10,16H,1-4,7-8,11,26H2,(H,28,32). The van der Waals surface area contributed by atoms with Crippen molar-refractivity contribution in [2.75, 3.05) is 29.0 Å². The molecule has 12 heteroatoms. The van der Waals surface area contributed by atoms with Crippen molar-refractivity contribution in [2.24, 2.45) is 0 Å². The van der Waals surface area contributed by atoms with Gasteiger partial charge in [-0.2, -0.15) is 5.10 Å². The molecule has 176 valence electrons. The van der Waals surface area contributed by atoms with Crippen LogP contribution in [0.2, 0.25) is 0 Å². The molecule has 1 amide bonds. The first-order valence-corrected chi connectivity index (χ1v) is 11.3. The van der Waals surface area contributed by atoms with Crippen LogP contribution < -0.4 is 16.0 Å². The molecule has 2 aromatic heterocycles. The van der Waals surface area contributed by atoms with Crippen molar-refractivity contribution >= 4 is 33.8 Å². The first kappa shape index (κ1) is 23.0. The van der Waals surface area contributed by atoms with Crippen LogP contribution in [-0.4, -0.2) is 40.2 Å². The Morgan fingerprint density at radius 2 is 1.91 bits per heavy atom. The van der Waals surface area contributed by atoms with Gasteiger partial charge in [-0.3, -0.25) is 4.79 Å². The van der Waals surface area contributed by atoms with E-state index in [9.17, 15) is 22.4 Å². The highest BCUT2D eigenvalue weighted by Crippen LogP contribution is 2.34. The number of nitrogens with zero attached hydrogens (tertiary/aromatic N) is 4. The number of thiazole rings is 1. The smallest absolute Gasteiger partial charge is 0.277 e. The number of aromatic nitrogens is 3. The molecule has 0 radical (unpaired) electrons. The van der Waals surface area contributed by atoms with E-state index in [0.717, 1.165) is 55.2 Å². The lowest BCUT2D eigenvalue weighted by molar-refractivity contribution is 0.102. The Morgan fingerprint density at radius 3 is 2.61 bits per heavy atom. The summed E-state index contributed by atoms with van der Waals surface area (Å²) in [4.78, 5) is 19.0. The number of hydrogen-bond acceptors (Lipinski definition) is 6. The third kappa shape index (κ3) is 5.10. The summed E-state index contributed by atoms with van der Waals surface area (Å²) in [5.74, 6) is -1.65. The normalized spacial score (nSPS) is 14.5. The zero-order chi connectivity index (χ0) is 23.5. The summed E-state index contributed by atoms with van der Waals surface area (Å²) in [5, 5.41) is 6.77. The monoisotopic (exact) mass is 482 g/mol. The van der Waals surface area contributed by atoms with Crippen molar-refractivity contribution in [1.29, 1.82) is 0 Å². The molecule has 7 nitrogen and oxygen atoms in total. The fraction of sp³-hybridized carbons (Fsp3) is 0.381. The van der Waals surface area contributed by atoms with Crippen LogP contribution in [0.1, 0.15) is 36.2 Å². The zero-order valence-corrected chi connectivity index (χ0v) is 18.3. The summed E-state index contributed by atoms with van der Waals surface area (Å²) in [6.45, 7) is 0.697. The first-order valence-electron chi connectivity index (χ1n) is 10.5. The number of nitrogens with one attached hydrogen (secondary N) is 1. The van der Waals surface area contributed by atoms with Crippen LogP contribution >= 0.6 is 11.3 Å². The molecule has 1 fully saturated rings. The average Bonchev–Trinajstić information content (AvgIpc) is 3.22. The van der Waals surface area contributed by atoms with Gasteiger partial charge in [-0.05, 0) is 31.0 Å². The van der Waals surface area contributed by atoms with Crippen molar-refractivity contribution in [3.63, 3.8) is 0 Å². The minimum Gasteiger partial charge on any atom is -0.389 e. The number of rotatable bonds is 6. The minimum atomic E-state index is -2.61. The number of halogens is 4. The van der Waals surface area contributed by atoms with Crippen LogP contribution in [0.25, 0.3) is 10.6 Å². The summed E-state index contributed by atoms with van der Waals surface area (Å²) in [6.07, 6.45) is 2.57. The molecule has 0 bridgehead atoms. The Bertz CT molecular complexity index is 1140. The zero-order valence-electron chi connectivity index (χ0n) is 17.5. The van der Waals surface area contributed by atoms with Crippen molar-refractivity contribution in [2.45, 2.75) is 38.7 Å². The molecule has 0 unspecified atom stereocenters. The van der Waals surface area contributed by atoms with Crippen molar-refractivity contribution < 1.29 is 22.4 Å². The maximum Gasteiger partial charge on any atom is 0.277 e. The van der Waals surface area contributed by atoms with E-state index in [1.165, 1.54) is 10.9 Å². The SMILES string of the molecule is Nc1sc(-c2cc(F)ccc2F)nc1C(=O)Nc1cnn(CC(F)F)c1N1CCCCCC1. The summed E-state index contributed by atoms with van der Waals surface area (Å²) in [6, 6.07) is 2.92. The summed E-state index contributed by atoms with van der Waals surface area (Å²) in [5.41, 5.74) is 5.93. The van der Waals surface area contributed by atoms with Gasteiger partial charge in [0.15, 0.2) is 11.5 Å². The average molecular weight is 483 g/mol. The van der Waals surface area contributed by atoms with Crippen molar-refractivity contribution in [3.8, 4) is 10.6 Å². The van der Waals surface area contributed by atoms with Gasteiger partial charge in [0.1, 0.15) is 33.9 Å². The topological polar surface area (TPSA) is 89.1 Å². The van der Waals surface area contributed by atoms with Crippen LogP contribution in [0.5, 0.6) is 0 Å². The van der Waals surface area contributed by atoms with Gasteiger partial charge in [-0.15, -0.1) is 0 Å². The number of alkyl halides is 2. The number of nitrogens with two attached hydrogens (primary N) is 1. The second kappa shape index (κ2) is 9.77. The molecular weight excluding hydrogens is 460 g/mol. The lowest BCUT2D eigenvalue weighted by Gasteiger charge is -2.25. The molecule has 1 aliphatic rings. The molecule has 4 rings (SSSR count). The number of benzene rings is 1. The second-order valence-electron chi connectivity index (χ2n) is 7.67. The van der Waals surface area contributed by atoms with Gasteiger partial charge in [0.05, 0.1) is 6.20 Å². The Hall–Kier alpha value is -3.15. The first-order chi connectivity index (χ1) is 15.8. The molecule has 3 N–H and O–H groups in total. The predicted octanol–water partition coefficient (Wildman–Crippen LogP) is 4.76. The minimum absolute atomic E-state index is 0.0162. The Morgan fingerprint density at radius 1 is 1.18 bits per heavy atom. The van der Waals surface area contributed by atoms with Crippen LogP contribution in [0.15, 0.2) is 24.4 Å². The van der Waals surface area contributed by atoms with Gasteiger partial charge in [-0.1, -0.05) is 24.2 Å². The molecular formula is C21H22F4N6OS. The second-order valence-corrected chi connectivity index (χ2v) is 8.70. The van der Waals surface area contributed by atoms with E-state index in [4.69, 9.17) is 5.73 Å². The number of hydrogen-bond donors (Lipinski definition) is 2. The maximum atomic E-state index is 14.1. The molecule has 1 saturated heterocycles. The molecule has 1 aromatic carbocycles. The van der Waals surface area contributed by atoms with E-state index >= 15 is 0 Å². The molecule has 1 aliphatic heterocycles. The van der Waals surface area contributed by atoms with Gasteiger partial charge >= 0.3 is 0 Å². The van der Waals surface area contributed by atoms with E-state index in [1.54, 1.807) is 0 Å². The summed E-state index contributed by atoms with van der Waals surface area (Å²) in [7, 11) is 0. The van der Waals surface area contributed by atoms with Crippen LogP contribution in [0.4, 0.5) is 34.1 Å². The van der Waals surface area contributed by atoms with Crippen LogP contribution in [-0.2, 0) is 6.54 Å². The number of carbonyl (C=O) groups excluding carboxylic acids is 1. The Kier molecular flexibility index (Phi) is 6.82. The number of amides is 1. The van der Waals surface area contributed by atoms with E-state index in [0.29, 0.717) is 18.9 Å². The third-order valence-electron chi connectivity index (χ3n) is 5.30. The van der Waals surface area contributed by atoms with E-state index in [-0.39, 0.29) is 27.0 Å². The fourth-order valence-electron chi connectivity index (χ4n) is 3.80. The van der Waals surface area contributed by atoms with Crippen molar-refractivity contribution in [1.82, 2.24) is 14.8 Å². The quantitative estimate of drug-likeness (QED) is 0.495. The largest absolute Gasteiger partial charge is 0.389 e. The predicted molar refractivity (Wildman–Crippen MR) is 119 cm³/mol. The molecule has 0 atom stereocenters. The molecule has 0 saturated carbocycles. The molecule has 33 heavy (non-hydrogen) atoms. The van der Waals surface area contributed by atoms with Crippen molar-refractivity contribution in [3.05, 3.63) is 41.7 Å². The van der Waals surface area contributed by atoms with Gasteiger partial charge in [0.2, 0.25) is 0 Å². The van der Waals surface area contributed by atoms with Gasteiger partial charge in [0.25, 0.3) is 12.3 Å².